The lowest BCUT2D eigenvalue weighted by Gasteiger charge is -2.29. The second kappa shape index (κ2) is 18.0. The Bertz CT molecular complexity index is 1610. The molecule has 6 rings (SSSR count). The van der Waals surface area contributed by atoms with Crippen molar-refractivity contribution in [2.24, 2.45) is 0 Å². The molecular formula is C37H44N8O4S. The molecule has 0 aliphatic carbocycles. The second-order valence-electron chi connectivity index (χ2n) is 12.7. The van der Waals surface area contributed by atoms with E-state index in [-0.39, 0.29) is 24.1 Å². The number of nitrogens with one attached hydrogen (secondary N) is 2. The van der Waals surface area contributed by atoms with E-state index in [4.69, 9.17) is 4.74 Å². The van der Waals surface area contributed by atoms with Crippen LogP contribution in [0.5, 0.6) is 5.75 Å². The topological polar surface area (TPSA) is 146 Å². The third-order valence-corrected chi connectivity index (χ3v) is 10.3. The SMILES string of the molecule is O=C1N[C@H]2CSC(CCCCC(=O)Oc3cccnc3CN(Cc3ccccn3)CC(O)CN(Cc3ccccn3)Cc3ccccn3)[C@H]2N1. The van der Waals surface area contributed by atoms with Crippen molar-refractivity contribution >= 4 is 23.8 Å². The number of unbranched alkanes of at least 4 members (excludes halogenated alkanes) is 1. The zero-order valence-corrected chi connectivity index (χ0v) is 28.8. The first-order valence-corrected chi connectivity index (χ1v) is 18.2. The Morgan fingerprint density at radius 1 is 0.800 bits per heavy atom. The smallest absolute Gasteiger partial charge is 0.315 e. The van der Waals surface area contributed by atoms with Crippen LogP contribution < -0.4 is 15.4 Å². The second-order valence-corrected chi connectivity index (χ2v) is 14.0. The number of carbonyl (C=O) groups excluding carboxylic acids is 2. The van der Waals surface area contributed by atoms with Gasteiger partial charge in [-0.05, 0) is 61.4 Å². The quantitative estimate of drug-likeness (QED) is 0.0790. The molecule has 12 nitrogen and oxygen atoms in total. The van der Waals surface area contributed by atoms with Crippen molar-refractivity contribution in [3.8, 4) is 5.75 Å². The van der Waals surface area contributed by atoms with Crippen LogP contribution in [0.3, 0.4) is 0 Å². The number of carbonyl (C=O) groups is 2. The average molecular weight is 697 g/mol. The third-order valence-electron chi connectivity index (χ3n) is 8.78. The molecule has 6 heterocycles. The van der Waals surface area contributed by atoms with E-state index in [1.165, 1.54) is 0 Å². The standard InChI is InChI=1S/C37H44N8O4S/c46-30(23-44(20-27-10-3-6-16-38-27)21-28-11-4-7-17-39-28)24-45(22-29-12-5-8-18-40-29)25-31-33(13-9-19-41-31)49-35(47)15-2-1-14-34-36-32(26-50-34)42-37(48)43-36/h3-13,16-19,30,32,34,36,46H,1-2,14-15,20-26H2,(H2,42,43,48)/t30?,32-,34?,36-/m0/s1. The molecule has 0 radical (unpaired) electrons. The van der Waals surface area contributed by atoms with Gasteiger partial charge in [-0.15, -0.1) is 0 Å². The van der Waals surface area contributed by atoms with E-state index in [1.807, 2.05) is 66.4 Å². The van der Waals surface area contributed by atoms with Gasteiger partial charge in [-0.1, -0.05) is 24.6 Å². The molecule has 0 spiro atoms. The minimum atomic E-state index is -0.720. The van der Waals surface area contributed by atoms with E-state index in [9.17, 15) is 14.7 Å². The van der Waals surface area contributed by atoms with Gasteiger partial charge in [-0.3, -0.25) is 34.5 Å². The van der Waals surface area contributed by atoms with Gasteiger partial charge in [0.1, 0.15) is 0 Å². The Morgan fingerprint density at radius 2 is 1.40 bits per heavy atom. The number of hydrogen-bond acceptors (Lipinski definition) is 11. The zero-order valence-electron chi connectivity index (χ0n) is 28.0. The van der Waals surface area contributed by atoms with Crippen molar-refractivity contribution in [2.75, 3.05) is 18.8 Å². The van der Waals surface area contributed by atoms with Crippen molar-refractivity contribution in [3.05, 3.63) is 114 Å². The Labute approximate surface area is 297 Å². The molecule has 4 atom stereocenters. The summed E-state index contributed by atoms with van der Waals surface area (Å²) < 4.78 is 5.85. The predicted octanol–water partition coefficient (Wildman–Crippen LogP) is 3.96. The molecule has 3 N–H and O–H groups in total. The first-order valence-electron chi connectivity index (χ1n) is 17.1. The number of fused-ring (bicyclic) bond motifs is 1. The van der Waals surface area contributed by atoms with Crippen molar-refractivity contribution < 1.29 is 19.4 Å². The van der Waals surface area contributed by atoms with Crippen LogP contribution in [0.4, 0.5) is 4.79 Å². The summed E-state index contributed by atoms with van der Waals surface area (Å²) in [5.41, 5.74) is 3.28. The fourth-order valence-corrected chi connectivity index (χ4v) is 8.01. The fraction of sp³-hybridized carbons (Fsp3) is 0.405. The van der Waals surface area contributed by atoms with Crippen LogP contribution in [-0.2, 0) is 31.0 Å². The highest BCUT2D eigenvalue weighted by Crippen LogP contribution is 2.33. The number of nitrogens with zero attached hydrogens (tertiary/aromatic N) is 6. The van der Waals surface area contributed by atoms with Gasteiger partial charge in [0.15, 0.2) is 5.75 Å². The highest BCUT2D eigenvalue weighted by molar-refractivity contribution is 8.00. The molecule has 13 heteroatoms. The number of urea groups is 1. The van der Waals surface area contributed by atoms with Crippen molar-refractivity contribution in [2.45, 2.75) is 75.3 Å². The largest absolute Gasteiger partial charge is 0.425 e. The monoisotopic (exact) mass is 696 g/mol. The number of pyridine rings is 4. The maximum atomic E-state index is 13.0. The average Bonchev–Trinajstić information content (AvgIpc) is 3.68. The van der Waals surface area contributed by atoms with Gasteiger partial charge < -0.3 is 20.5 Å². The summed E-state index contributed by atoms with van der Waals surface area (Å²) in [4.78, 5) is 47.0. The first kappa shape index (κ1) is 35.4. The molecule has 2 amide bonds. The van der Waals surface area contributed by atoms with Gasteiger partial charge in [0.05, 0.1) is 41.0 Å². The maximum absolute atomic E-state index is 13.0. The van der Waals surface area contributed by atoms with Gasteiger partial charge in [0.2, 0.25) is 0 Å². The highest BCUT2D eigenvalue weighted by Gasteiger charge is 2.42. The predicted molar refractivity (Wildman–Crippen MR) is 191 cm³/mol. The summed E-state index contributed by atoms with van der Waals surface area (Å²) in [7, 11) is 0. The van der Waals surface area contributed by atoms with Crippen LogP contribution in [0.1, 0.15) is 48.5 Å². The summed E-state index contributed by atoms with van der Waals surface area (Å²) in [5, 5.41) is 17.9. The molecule has 2 aliphatic heterocycles. The maximum Gasteiger partial charge on any atom is 0.315 e. The molecule has 2 saturated heterocycles. The first-order chi connectivity index (χ1) is 24.5. The molecule has 50 heavy (non-hydrogen) atoms. The Morgan fingerprint density at radius 3 is 2.00 bits per heavy atom. The van der Waals surface area contributed by atoms with Gasteiger partial charge in [0, 0.05) is 81.5 Å². The molecular weight excluding hydrogens is 653 g/mol. The van der Waals surface area contributed by atoms with Crippen molar-refractivity contribution in [1.82, 2.24) is 40.4 Å². The summed E-state index contributed by atoms with van der Waals surface area (Å²) in [5.74, 6) is 1.03. The molecule has 0 aromatic carbocycles. The molecule has 2 unspecified atom stereocenters. The fourth-order valence-electron chi connectivity index (χ4n) is 6.46. The van der Waals surface area contributed by atoms with Gasteiger partial charge in [-0.2, -0.15) is 11.8 Å². The van der Waals surface area contributed by atoms with E-state index in [0.717, 1.165) is 35.7 Å². The zero-order chi connectivity index (χ0) is 34.5. The third kappa shape index (κ3) is 10.5. The van der Waals surface area contributed by atoms with E-state index in [2.05, 4.69) is 40.4 Å². The number of aromatic nitrogens is 4. The van der Waals surface area contributed by atoms with Crippen LogP contribution in [0.15, 0.2) is 91.5 Å². The van der Waals surface area contributed by atoms with Gasteiger partial charge >= 0.3 is 12.0 Å². The molecule has 4 aromatic rings. The van der Waals surface area contributed by atoms with Crippen LogP contribution in [0.2, 0.25) is 0 Å². The van der Waals surface area contributed by atoms with Crippen LogP contribution >= 0.6 is 11.8 Å². The normalized spacial score (nSPS) is 18.9. The lowest BCUT2D eigenvalue weighted by Crippen LogP contribution is -2.40. The van der Waals surface area contributed by atoms with E-state index in [1.54, 1.807) is 36.9 Å². The van der Waals surface area contributed by atoms with Crippen molar-refractivity contribution in [1.29, 1.82) is 0 Å². The van der Waals surface area contributed by atoms with E-state index in [0.29, 0.717) is 68.8 Å². The Hall–Kier alpha value is -4.43. The number of aliphatic hydroxyl groups excluding tert-OH is 1. The van der Waals surface area contributed by atoms with Gasteiger partial charge in [0.25, 0.3) is 0 Å². The number of hydrogen-bond donors (Lipinski definition) is 3. The summed E-state index contributed by atoms with van der Waals surface area (Å²) in [6.07, 6.45) is 9.08. The van der Waals surface area contributed by atoms with Gasteiger partial charge in [-0.25, -0.2) is 4.79 Å². The van der Waals surface area contributed by atoms with Crippen LogP contribution in [0, 0.1) is 0 Å². The highest BCUT2D eigenvalue weighted by atomic mass is 32.2. The lowest BCUT2D eigenvalue weighted by molar-refractivity contribution is -0.134. The molecule has 0 bridgehead atoms. The van der Waals surface area contributed by atoms with Crippen LogP contribution in [-0.4, -0.2) is 89.1 Å². The van der Waals surface area contributed by atoms with Crippen molar-refractivity contribution in [3.63, 3.8) is 0 Å². The molecule has 4 aromatic heterocycles. The number of amides is 2. The molecule has 262 valence electrons. The Kier molecular flexibility index (Phi) is 12.7. The number of aliphatic hydroxyl groups is 1. The molecule has 2 fully saturated rings. The summed E-state index contributed by atoms with van der Waals surface area (Å²) in [6, 6.07) is 21.2. The lowest BCUT2D eigenvalue weighted by atomic mass is 10.0. The Balaban J connectivity index is 1.07. The number of rotatable bonds is 18. The minimum Gasteiger partial charge on any atom is -0.425 e. The summed E-state index contributed by atoms with van der Waals surface area (Å²) >= 11 is 1.88. The molecule has 0 saturated carbocycles. The minimum absolute atomic E-state index is 0.0857. The van der Waals surface area contributed by atoms with Crippen LogP contribution in [0.25, 0.3) is 0 Å². The summed E-state index contributed by atoms with van der Waals surface area (Å²) in [6.45, 7) is 2.66. The van der Waals surface area contributed by atoms with E-state index >= 15 is 0 Å². The molecule has 2 aliphatic rings. The van der Waals surface area contributed by atoms with E-state index < -0.39 is 6.10 Å². The number of ether oxygens (including phenoxy) is 1. The number of thioether (sulfide) groups is 1. The number of esters is 1.